The normalized spacial score (nSPS) is 11.6. The van der Waals surface area contributed by atoms with Crippen molar-refractivity contribution in [3.63, 3.8) is 0 Å². The molecule has 0 heterocycles. The molecule has 1 aromatic rings. The molecular formula is C11H11FN2O. The summed E-state index contributed by atoms with van der Waals surface area (Å²) in [5.74, 6) is -0.737. The van der Waals surface area contributed by atoms with E-state index in [-0.39, 0.29) is 11.7 Å². The molecule has 4 heteroatoms. The van der Waals surface area contributed by atoms with Crippen molar-refractivity contribution in [2.45, 2.75) is 19.9 Å². The minimum atomic E-state index is -0.554. The van der Waals surface area contributed by atoms with Gasteiger partial charge in [0.1, 0.15) is 11.9 Å². The lowest BCUT2D eigenvalue weighted by molar-refractivity contribution is 0.0947. The van der Waals surface area contributed by atoms with Crippen LogP contribution >= 0.6 is 0 Å². The van der Waals surface area contributed by atoms with Crippen molar-refractivity contribution in [2.75, 3.05) is 0 Å². The van der Waals surface area contributed by atoms with E-state index in [1.54, 1.807) is 13.8 Å². The number of aryl methyl sites for hydroxylation is 1. The molecule has 0 saturated heterocycles. The number of amides is 1. The van der Waals surface area contributed by atoms with Crippen LogP contribution in [0.25, 0.3) is 0 Å². The number of hydrogen-bond donors (Lipinski definition) is 1. The highest BCUT2D eigenvalue weighted by Gasteiger charge is 2.11. The van der Waals surface area contributed by atoms with Crippen LogP contribution in [0.2, 0.25) is 0 Å². The van der Waals surface area contributed by atoms with E-state index < -0.39 is 6.04 Å². The molecule has 0 bridgehead atoms. The molecule has 3 nitrogen and oxygen atoms in total. The third-order valence-electron chi connectivity index (χ3n) is 1.97. The number of rotatable bonds is 2. The predicted octanol–water partition coefficient (Wildman–Crippen LogP) is 1.78. The SMILES string of the molecule is Cc1cc(F)ccc1C(=O)NC(C)C#N. The zero-order valence-electron chi connectivity index (χ0n) is 8.54. The average molecular weight is 206 g/mol. The van der Waals surface area contributed by atoms with E-state index in [1.165, 1.54) is 18.2 Å². The third-order valence-corrected chi connectivity index (χ3v) is 1.97. The number of hydrogen-bond acceptors (Lipinski definition) is 2. The van der Waals surface area contributed by atoms with Crippen LogP contribution in [-0.2, 0) is 0 Å². The van der Waals surface area contributed by atoms with E-state index in [0.29, 0.717) is 11.1 Å². The van der Waals surface area contributed by atoms with Gasteiger partial charge in [-0.1, -0.05) is 0 Å². The van der Waals surface area contributed by atoms with Gasteiger partial charge in [0.25, 0.3) is 5.91 Å². The Morgan fingerprint density at radius 1 is 1.60 bits per heavy atom. The first-order chi connectivity index (χ1) is 7.04. The molecule has 1 unspecified atom stereocenters. The molecule has 0 aliphatic heterocycles. The van der Waals surface area contributed by atoms with Crippen LogP contribution in [0, 0.1) is 24.1 Å². The summed E-state index contributed by atoms with van der Waals surface area (Å²) in [5, 5.41) is 11.0. The minimum Gasteiger partial charge on any atom is -0.337 e. The fourth-order valence-electron chi connectivity index (χ4n) is 1.19. The van der Waals surface area contributed by atoms with Crippen LogP contribution in [0.5, 0.6) is 0 Å². The van der Waals surface area contributed by atoms with Crippen molar-refractivity contribution in [1.29, 1.82) is 5.26 Å². The highest BCUT2D eigenvalue weighted by Crippen LogP contribution is 2.09. The minimum absolute atomic E-state index is 0.360. The van der Waals surface area contributed by atoms with Crippen molar-refractivity contribution in [2.24, 2.45) is 0 Å². The zero-order valence-corrected chi connectivity index (χ0v) is 8.54. The number of nitrogens with one attached hydrogen (secondary N) is 1. The fraction of sp³-hybridized carbons (Fsp3) is 0.273. The topological polar surface area (TPSA) is 52.9 Å². The lowest BCUT2D eigenvalue weighted by atomic mass is 10.1. The third kappa shape index (κ3) is 2.78. The Morgan fingerprint density at radius 3 is 2.80 bits per heavy atom. The van der Waals surface area contributed by atoms with E-state index in [9.17, 15) is 9.18 Å². The molecule has 0 fully saturated rings. The number of carbonyl (C=O) groups excluding carboxylic acids is 1. The second-order valence-electron chi connectivity index (χ2n) is 3.28. The summed E-state index contributed by atoms with van der Waals surface area (Å²) in [5.41, 5.74) is 0.941. The van der Waals surface area contributed by atoms with E-state index in [2.05, 4.69) is 5.32 Å². The van der Waals surface area contributed by atoms with Gasteiger partial charge in [0.15, 0.2) is 0 Å². The lowest BCUT2D eigenvalue weighted by Gasteiger charge is -2.08. The average Bonchev–Trinajstić information content (AvgIpc) is 2.17. The molecule has 0 aromatic heterocycles. The van der Waals surface area contributed by atoms with Crippen molar-refractivity contribution >= 4 is 5.91 Å². The first kappa shape index (κ1) is 11.2. The summed E-state index contributed by atoms with van der Waals surface area (Å²) >= 11 is 0. The molecule has 0 saturated carbocycles. The van der Waals surface area contributed by atoms with Crippen LogP contribution in [0.15, 0.2) is 18.2 Å². The summed E-state index contributed by atoms with van der Waals surface area (Å²) in [7, 11) is 0. The molecule has 1 atom stereocenters. The van der Waals surface area contributed by atoms with E-state index in [4.69, 9.17) is 5.26 Å². The van der Waals surface area contributed by atoms with Gasteiger partial charge in [0.05, 0.1) is 6.07 Å². The van der Waals surface area contributed by atoms with Gasteiger partial charge in [-0.25, -0.2) is 4.39 Å². The zero-order chi connectivity index (χ0) is 11.4. The van der Waals surface area contributed by atoms with Crippen LogP contribution in [-0.4, -0.2) is 11.9 Å². The van der Waals surface area contributed by atoms with Crippen molar-refractivity contribution in [1.82, 2.24) is 5.32 Å². The first-order valence-electron chi connectivity index (χ1n) is 4.51. The quantitative estimate of drug-likeness (QED) is 0.801. The molecule has 1 rings (SSSR count). The number of benzene rings is 1. The van der Waals surface area contributed by atoms with E-state index >= 15 is 0 Å². The Balaban J connectivity index is 2.88. The Kier molecular flexibility index (Phi) is 3.40. The summed E-state index contributed by atoms with van der Waals surface area (Å²) < 4.78 is 12.8. The van der Waals surface area contributed by atoms with Crippen LogP contribution in [0.3, 0.4) is 0 Å². The predicted molar refractivity (Wildman–Crippen MR) is 53.7 cm³/mol. The monoisotopic (exact) mass is 206 g/mol. The molecule has 0 aliphatic rings. The fourth-order valence-corrected chi connectivity index (χ4v) is 1.19. The maximum absolute atomic E-state index is 12.8. The van der Waals surface area contributed by atoms with Gasteiger partial charge >= 0.3 is 0 Å². The van der Waals surface area contributed by atoms with Crippen LogP contribution < -0.4 is 5.32 Å². The summed E-state index contributed by atoms with van der Waals surface area (Å²) in [6.07, 6.45) is 0. The standard InChI is InChI=1S/C11H11FN2O/c1-7-5-9(12)3-4-10(7)11(15)14-8(2)6-13/h3-5,8H,1-2H3,(H,14,15). The number of nitriles is 1. The van der Waals surface area contributed by atoms with Gasteiger partial charge in [-0.3, -0.25) is 4.79 Å². The Bertz CT molecular complexity index is 423. The van der Waals surface area contributed by atoms with Gasteiger partial charge in [-0.15, -0.1) is 0 Å². The molecular weight excluding hydrogens is 195 g/mol. The van der Waals surface area contributed by atoms with Crippen molar-refractivity contribution in [3.8, 4) is 6.07 Å². The number of halogens is 1. The Labute approximate surface area is 87.5 Å². The van der Waals surface area contributed by atoms with E-state index in [1.807, 2.05) is 6.07 Å². The molecule has 15 heavy (non-hydrogen) atoms. The molecule has 1 amide bonds. The molecule has 1 N–H and O–H groups in total. The van der Waals surface area contributed by atoms with Gasteiger partial charge in [0.2, 0.25) is 0 Å². The summed E-state index contributed by atoms with van der Waals surface area (Å²) in [6, 6.07) is 5.25. The molecule has 0 radical (unpaired) electrons. The van der Waals surface area contributed by atoms with Crippen molar-refractivity contribution in [3.05, 3.63) is 35.1 Å². The highest BCUT2D eigenvalue weighted by molar-refractivity contribution is 5.95. The maximum Gasteiger partial charge on any atom is 0.252 e. The lowest BCUT2D eigenvalue weighted by Crippen LogP contribution is -2.31. The largest absolute Gasteiger partial charge is 0.337 e. The maximum atomic E-state index is 12.8. The van der Waals surface area contributed by atoms with Crippen molar-refractivity contribution < 1.29 is 9.18 Å². The van der Waals surface area contributed by atoms with Gasteiger partial charge in [-0.05, 0) is 37.6 Å². The summed E-state index contributed by atoms with van der Waals surface area (Å²) in [4.78, 5) is 11.6. The highest BCUT2D eigenvalue weighted by atomic mass is 19.1. The smallest absolute Gasteiger partial charge is 0.252 e. The molecule has 78 valence electrons. The van der Waals surface area contributed by atoms with E-state index in [0.717, 1.165) is 0 Å². The van der Waals surface area contributed by atoms with Gasteiger partial charge < -0.3 is 5.32 Å². The summed E-state index contributed by atoms with van der Waals surface area (Å²) in [6.45, 7) is 3.23. The number of carbonyl (C=O) groups is 1. The van der Waals surface area contributed by atoms with Gasteiger partial charge in [0, 0.05) is 5.56 Å². The Morgan fingerprint density at radius 2 is 2.27 bits per heavy atom. The second-order valence-corrected chi connectivity index (χ2v) is 3.28. The van der Waals surface area contributed by atoms with Crippen LogP contribution in [0.1, 0.15) is 22.8 Å². The molecule has 0 spiro atoms. The Hall–Kier alpha value is -1.89. The first-order valence-corrected chi connectivity index (χ1v) is 4.51. The second kappa shape index (κ2) is 4.56. The molecule has 0 aliphatic carbocycles. The van der Waals surface area contributed by atoms with Gasteiger partial charge in [-0.2, -0.15) is 5.26 Å². The number of nitrogens with zero attached hydrogens (tertiary/aromatic N) is 1. The van der Waals surface area contributed by atoms with Crippen LogP contribution in [0.4, 0.5) is 4.39 Å². The molecule has 1 aromatic carbocycles.